The molecule has 0 fully saturated rings. The number of aromatic nitrogens is 1. The molecular formula is C13H22AuCl4N. The number of hydrogen-bond acceptors (Lipinski definition) is 1. The van der Waals surface area contributed by atoms with Gasteiger partial charge in [0.05, 0.1) is 0 Å². The molecule has 0 aliphatic rings. The third-order valence-electron chi connectivity index (χ3n) is 2.29. The van der Waals surface area contributed by atoms with E-state index in [4.69, 9.17) is 4.98 Å². The second-order valence-electron chi connectivity index (χ2n) is 5.91. The van der Waals surface area contributed by atoms with E-state index in [2.05, 4.69) is 59.7 Å². The van der Waals surface area contributed by atoms with E-state index in [1.54, 1.807) is 0 Å². The Hall–Kier alpha value is 1.05. The standard InChI is InChI=1S/C13H21N.Au.4ClH/c1-12(2,3)10-8-7-9-11(14-10)13(4,5)6;;;;;/h7-9H,1-6H3;;4*1H/q;+3;;;;/p-3. The van der Waals surface area contributed by atoms with Gasteiger partial charge in [0.15, 0.2) is 0 Å². The van der Waals surface area contributed by atoms with Crippen LogP contribution in [-0.2, 0) is 33.2 Å². The van der Waals surface area contributed by atoms with Crippen molar-refractivity contribution in [3.8, 4) is 0 Å². The first-order valence-electron chi connectivity index (χ1n) is 5.19. The van der Waals surface area contributed by atoms with Crippen LogP contribution in [0.1, 0.15) is 54.4 Å². The van der Waals surface area contributed by atoms with Gasteiger partial charge in [-0.15, -0.1) is 0 Å². The van der Waals surface area contributed by atoms with E-state index in [9.17, 15) is 0 Å². The Balaban J connectivity index is -0.0000000817. The summed E-state index contributed by atoms with van der Waals surface area (Å²) in [6.07, 6.45) is 0. The number of nitrogens with zero attached hydrogens (tertiary/aromatic N) is 1. The molecule has 0 unspecified atom stereocenters. The maximum Gasteiger partial charge on any atom is 3.00 e. The van der Waals surface area contributed by atoms with E-state index < -0.39 is 0 Å². The van der Waals surface area contributed by atoms with Crippen LogP contribution in [0.25, 0.3) is 0 Å². The zero-order valence-corrected chi connectivity index (χ0v) is 17.2. The summed E-state index contributed by atoms with van der Waals surface area (Å²) in [5.41, 5.74) is 2.62. The van der Waals surface area contributed by atoms with E-state index in [1.165, 1.54) is 11.4 Å². The molecule has 1 rings (SSSR count). The molecule has 0 N–H and O–H groups in total. The molecule has 6 heteroatoms. The average molecular weight is 531 g/mol. The fourth-order valence-electron chi connectivity index (χ4n) is 1.27. The van der Waals surface area contributed by atoms with E-state index in [1.807, 2.05) is 0 Å². The molecule has 0 aliphatic heterocycles. The Morgan fingerprint density at radius 2 is 1.00 bits per heavy atom. The van der Waals surface area contributed by atoms with Crippen molar-refractivity contribution in [2.75, 3.05) is 0 Å². The minimum Gasteiger partial charge on any atom is -1.00 e. The van der Waals surface area contributed by atoms with Crippen molar-refractivity contribution >= 4 is 0 Å². The first-order chi connectivity index (χ1) is 6.21. The van der Waals surface area contributed by atoms with Gasteiger partial charge in [0.25, 0.3) is 0 Å². The second-order valence-corrected chi connectivity index (χ2v) is 5.91. The Labute approximate surface area is 159 Å². The number of rotatable bonds is 0. The Bertz CT molecular complexity index is 309. The van der Waals surface area contributed by atoms with Crippen LogP contribution in [0.15, 0.2) is 18.2 Å². The predicted molar refractivity (Wildman–Crippen MR) is 62.7 cm³/mol. The largest absolute Gasteiger partial charge is 3.00 e. The van der Waals surface area contributed by atoms with Crippen molar-refractivity contribution in [3.05, 3.63) is 29.6 Å². The molecular weight excluding hydrogens is 509 g/mol. The van der Waals surface area contributed by atoms with E-state index in [0.29, 0.717) is 0 Å². The van der Waals surface area contributed by atoms with Crippen molar-refractivity contribution in [2.45, 2.75) is 52.4 Å². The van der Waals surface area contributed by atoms with Crippen molar-refractivity contribution in [2.24, 2.45) is 0 Å². The van der Waals surface area contributed by atoms with Gasteiger partial charge < -0.3 is 49.6 Å². The summed E-state index contributed by atoms with van der Waals surface area (Å²) in [5, 5.41) is 0. The minimum absolute atomic E-state index is 0. The van der Waals surface area contributed by atoms with Gasteiger partial charge in [-0.3, -0.25) is 4.98 Å². The van der Waals surface area contributed by atoms with Gasteiger partial charge in [-0.05, 0) is 12.1 Å². The molecule has 0 atom stereocenters. The molecule has 1 nitrogen and oxygen atoms in total. The molecule has 0 aliphatic carbocycles. The Morgan fingerprint density at radius 3 is 1.21 bits per heavy atom. The number of halogens is 4. The quantitative estimate of drug-likeness (QED) is 0.304. The molecule has 1 aromatic rings. The van der Waals surface area contributed by atoms with Crippen molar-refractivity contribution < 1.29 is 73.4 Å². The van der Waals surface area contributed by atoms with Crippen molar-refractivity contribution in [1.82, 2.24) is 4.98 Å². The summed E-state index contributed by atoms with van der Waals surface area (Å²) in [7, 11) is 0. The molecule has 0 radical (unpaired) electrons. The zero-order valence-electron chi connectivity index (χ0n) is 13.0. The summed E-state index contributed by atoms with van der Waals surface area (Å²) < 4.78 is 0. The minimum atomic E-state index is 0. The first-order valence-corrected chi connectivity index (χ1v) is 5.19. The average Bonchev–Trinajstić information content (AvgIpc) is 2.01. The third-order valence-corrected chi connectivity index (χ3v) is 2.29. The van der Waals surface area contributed by atoms with Gasteiger partial charge >= 0.3 is 23.8 Å². The van der Waals surface area contributed by atoms with Gasteiger partial charge in [-0.1, -0.05) is 47.6 Å². The third kappa shape index (κ3) is 10.4. The summed E-state index contributed by atoms with van der Waals surface area (Å²) in [4.78, 5) is 4.72. The van der Waals surface area contributed by atoms with Crippen LogP contribution in [0.2, 0.25) is 0 Å². The van der Waals surface area contributed by atoms with Gasteiger partial charge in [0.1, 0.15) is 0 Å². The topological polar surface area (TPSA) is 12.9 Å². The molecule has 0 amide bonds. The van der Waals surface area contributed by atoms with Crippen LogP contribution in [-0.4, -0.2) is 4.98 Å². The van der Waals surface area contributed by atoms with Crippen molar-refractivity contribution in [1.29, 1.82) is 0 Å². The van der Waals surface area contributed by atoms with Crippen LogP contribution in [0, 0.1) is 0 Å². The van der Waals surface area contributed by atoms with Crippen molar-refractivity contribution in [3.63, 3.8) is 0 Å². The fourth-order valence-corrected chi connectivity index (χ4v) is 1.27. The first kappa shape index (κ1) is 32.1. The summed E-state index contributed by atoms with van der Waals surface area (Å²) in [6.45, 7) is 13.2. The molecule has 118 valence electrons. The van der Waals surface area contributed by atoms with Crippen LogP contribution < -0.4 is 49.6 Å². The molecule has 0 spiro atoms. The van der Waals surface area contributed by atoms with Gasteiger partial charge in [0, 0.05) is 22.2 Å². The van der Waals surface area contributed by atoms with E-state index >= 15 is 0 Å². The molecule has 0 bridgehead atoms. The Morgan fingerprint density at radius 1 is 0.737 bits per heavy atom. The van der Waals surface area contributed by atoms with E-state index in [0.717, 1.165) is 0 Å². The van der Waals surface area contributed by atoms with Crippen LogP contribution in [0.3, 0.4) is 0 Å². The maximum absolute atomic E-state index is 4.72. The summed E-state index contributed by atoms with van der Waals surface area (Å²) >= 11 is 0. The maximum atomic E-state index is 4.72. The zero-order chi connectivity index (χ0) is 11.0. The molecule has 0 saturated heterocycles. The Kier molecular flexibility index (Phi) is 19.8. The number of pyridine rings is 1. The van der Waals surface area contributed by atoms with Crippen LogP contribution >= 0.6 is 0 Å². The van der Waals surface area contributed by atoms with Gasteiger partial charge in [-0.2, -0.15) is 0 Å². The normalized spacial score (nSPS) is 9.58. The van der Waals surface area contributed by atoms with Crippen LogP contribution in [0.4, 0.5) is 0 Å². The smallest absolute Gasteiger partial charge is 1.00 e. The molecule has 1 aromatic heterocycles. The van der Waals surface area contributed by atoms with E-state index in [-0.39, 0.29) is 84.3 Å². The molecule has 0 saturated carbocycles. The molecule has 1 heterocycles. The predicted octanol–water partition coefficient (Wildman–Crippen LogP) is -8.20. The fraction of sp³-hybridized carbons (Fsp3) is 0.615. The summed E-state index contributed by atoms with van der Waals surface area (Å²) in [6, 6.07) is 6.32. The van der Waals surface area contributed by atoms with Crippen LogP contribution in [0.5, 0.6) is 0 Å². The van der Waals surface area contributed by atoms with Gasteiger partial charge in [-0.25, -0.2) is 0 Å². The number of hydrogen-bond donors (Lipinski definition) is 0. The monoisotopic (exact) mass is 529 g/mol. The SMILES string of the molecule is CC(C)(C)c1cccc(C(C)(C)C)n1.[Au+3].[Cl-].[Cl-].[Cl-].[Cl-].[H+]. The second kappa shape index (κ2) is 11.7. The van der Waals surface area contributed by atoms with Gasteiger partial charge in [0.2, 0.25) is 0 Å². The molecule has 0 aromatic carbocycles. The molecule has 19 heavy (non-hydrogen) atoms. The summed E-state index contributed by atoms with van der Waals surface area (Å²) in [5.74, 6) is 0.